The lowest BCUT2D eigenvalue weighted by Crippen LogP contribution is -2.51. The lowest BCUT2D eigenvalue weighted by Gasteiger charge is -2.37. The van der Waals surface area contributed by atoms with E-state index in [9.17, 15) is 9.59 Å². The van der Waals surface area contributed by atoms with Crippen LogP contribution in [-0.2, 0) is 9.59 Å². The van der Waals surface area contributed by atoms with E-state index >= 15 is 0 Å². The van der Waals surface area contributed by atoms with Crippen LogP contribution in [0.1, 0.15) is 59.8 Å². The summed E-state index contributed by atoms with van der Waals surface area (Å²) in [5.74, 6) is -0.831. The minimum atomic E-state index is -0.861. The SMILES string of the molecule is CCC1(C(=O)NC(CC(=O)O)CC(C)(C)C)CCNCC1. The van der Waals surface area contributed by atoms with Crippen molar-refractivity contribution in [1.82, 2.24) is 10.6 Å². The zero-order valence-corrected chi connectivity index (χ0v) is 13.8. The first-order chi connectivity index (χ1) is 9.68. The Morgan fingerprint density at radius 2 is 1.86 bits per heavy atom. The van der Waals surface area contributed by atoms with E-state index in [0.717, 1.165) is 32.4 Å². The standard InChI is InChI=1S/C16H30N2O3/c1-5-16(6-8-17-9-7-16)14(21)18-12(10-13(19)20)11-15(2,3)4/h12,17H,5-11H2,1-4H3,(H,18,21)(H,19,20). The van der Waals surface area contributed by atoms with Crippen LogP contribution in [0.5, 0.6) is 0 Å². The summed E-state index contributed by atoms with van der Waals surface area (Å²) < 4.78 is 0. The van der Waals surface area contributed by atoms with Crippen LogP contribution in [0, 0.1) is 10.8 Å². The van der Waals surface area contributed by atoms with Gasteiger partial charge in [-0.05, 0) is 44.2 Å². The van der Waals surface area contributed by atoms with E-state index in [1.54, 1.807) is 0 Å². The third-order valence-corrected chi connectivity index (χ3v) is 4.33. The first-order valence-electron chi connectivity index (χ1n) is 7.92. The number of carbonyl (C=O) groups is 2. The lowest BCUT2D eigenvalue weighted by atomic mass is 9.75. The van der Waals surface area contributed by atoms with Gasteiger partial charge in [0.05, 0.1) is 11.8 Å². The summed E-state index contributed by atoms with van der Waals surface area (Å²) in [6, 6.07) is -0.298. The fourth-order valence-corrected chi connectivity index (χ4v) is 3.11. The third kappa shape index (κ3) is 5.65. The molecule has 122 valence electrons. The molecule has 0 bridgehead atoms. The Kier molecular flexibility index (Phi) is 6.20. The van der Waals surface area contributed by atoms with Crippen molar-refractivity contribution in [3.05, 3.63) is 0 Å². The molecular weight excluding hydrogens is 268 g/mol. The highest BCUT2D eigenvalue weighted by Gasteiger charge is 2.39. The highest BCUT2D eigenvalue weighted by Crippen LogP contribution is 2.33. The molecule has 3 N–H and O–H groups in total. The molecule has 0 aromatic carbocycles. The van der Waals surface area contributed by atoms with Crippen LogP contribution in [0.2, 0.25) is 0 Å². The van der Waals surface area contributed by atoms with E-state index < -0.39 is 5.97 Å². The van der Waals surface area contributed by atoms with Crippen LogP contribution < -0.4 is 10.6 Å². The molecule has 0 saturated carbocycles. The van der Waals surface area contributed by atoms with E-state index in [4.69, 9.17) is 5.11 Å². The number of amides is 1. The van der Waals surface area contributed by atoms with Gasteiger partial charge in [-0.25, -0.2) is 0 Å². The van der Waals surface area contributed by atoms with Crippen molar-refractivity contribution in [3.63, 3.8) is 0 Å². The van der Waals surface area contributed by atoms with Gasteiger partial charge < -0.3 is 15.7 Å². The number of hydrogen-bond acceptors (Lipinski definition) is 3. The molecule has 21 heavy (non-hydrogen) atoms. The fraction of sp³-hybridized carbons (Fsp3) is 0.875. The second-order valence-electron chi connectivity index (χ2n) is 7.42. The van der Waals surface area contributed by atoms with Crippen LogP contribution in [0.15, 0.2) is 0 Å². The first kappa shape index (κ1) is 18.0. The summed E-state index contributed by atoms with van der Waals surface area (Å²) in [6.45, 7) is 9.94. The van der Waals surface area contributed by atoms with Crippen molar-refractivity contribution in [3.8, 4) is 0 Å². The van der Waals surface area contributed by atoms with Gasteiger partial charge in [0, 0.05) is 6.04 Å². The molecule has 5 nitrogen and oxygen atoms in total. The molecule has 1 saturated heterocycles. The number of rotatable bonds is 6. The minimum Gasteiger partial charge on any atom is -0.481 e. The maximum absolute atomic E-state index is 12.7. The van der Waals surface area contributed by atoms with Crippen LogP contribution in [-0.4, -0.2) is 36.1 Å². The smallest absolute Gasteiger partial charge is 0.305 e. The molecule has 1 atom stereocenters. The maximum Gasteiger partial charge on any atom is 0.305 e. The maximum atomic E-state index is 12.7. The predicted octanol–water partition coefficient (Wildman–Crippen LogP) is 2.16. The van der Waals surface area contributed by atoms with Gasteiger partial charge in [-0.3, -0.25) is 9.59 Å². The largest absolute Gasteiger partial charge is 0.481 e. The molecule has 0 radical (unpaired) electrons. The number of hydrogen-bond donors (Lipinski definition) is 3. The monoisotopic (exact) mass is 298 g/mol. The topological polar surface area (TPSA) is 78.4 Å². The molecule has 0 aromatic rings. The molecular formula is C16H30N2O3. The second kappa shape index (κ2) is 7.25. The Labute approximate surface area is 127 Å². The molecule has 0 aliphatic carbocycles. The van der Waals surface area contributed by atoms with Gasteiger partial charge in [0.25, 0.3) is 0 Å². The zero-order chi connectivity index (χ0) is 16.1. The molecule has 1 amide bonds. The van der Waals surface area contributed by atoms with E-state index in [-0.39, 0.29) is 29.2 Å². The van der Waals surface area contributed by atoms with E-state index in [0.29, 0.717) is 6.42 Å². The van der Waals surface area contributed by atoms with Gasteiger partial charge in [-0.1, -0.05) is 27.7 Å². The number of carbonyl (C=O) groups excluding carboxylic acids is 1. The summed E-state index contributed by atoms with van der Waals surface area (Å²) in [7, 11) is 0. The molecule has 0 spiro atoms. The molecule has 1 aliphatic heterocycles. The van der Waals surface area contributed by atoms with Crippen molar-refractivity contribution in [1.29, 1.82) is 0 Å². The summed E-state index contributed by atoms with van der Waals surface area (Å²) in [5.41, 5.74) is -0.346. The quantitative estimate of drug-likeness (QED) is 0.702. The van der Waals surface area contributed by atoms with Crippen molar-refractivity contribution < 1.29 is 14.7 Å². The Hall–Kier alpha value is -1.10. The van der Waals surface area contributed by atoms with Gasteiger partial charge >= 0.3 is 5.97 Å². The summed E-state index contributed by atoms with van der Waals surface area (Å²) in [6.07, 6.45) is 3.11. The molecule has 1 heterocycles. The normalized spacial score (nSPS) is 19.8. The molecule has 1 fully saturated rings. The van der Waals surface area contributed by atoms with Crippen LogP contribution in [0.3, 0.4) is 0 Å². The van der Waals surface area contributed by atoms with Gasteiger partial charge in [-0.15, -0.1) is 0 Å². The van der Waals surface area contributed by atoms with E-state index in [2.05, 4.69) is 31.4 Å². The van der Waals surface area contributed by atoms with Gasteiger partial charge in [0.2, 0.25) is 5.91 Å². The van der Waals surface area contributed by atoms with Crippen molar-refractivity contribution >= 4 is 11.9 Å². The van der Waals surface area contributed by atoms with Crippen molar-refractivity contribution in [2.24, 2.45) is 10.8 Å². The molecule has 1 rings (SSSR count). The highest BCUT2D eigenvalue weighted by atomic mass is 16.4. The van der Waals surface area contributed by atoms with Crippen LogP contribution in [0.4, 0.5) is 0 Å². The van der Waals surface area contributed by atoms with Crippen LogP contribution in [0.25, 0.3) is 0 Å². The fourth-order valence-electron chi connectivity index (χ4n) is 3.11. The summed E-state index contributed by atoms with van der Waals surface area (Å²) >= 11 is 0. The minimum absolute atomic E-state index is 0.0128. The second-order valence-corrected chi connectivity index (χ2v) is 7.42. The number of carboxylic acid groups (broad SMARTS) is 1. The Morgan fingerprint density at radius 3 is 2.29 bits per heavy atom. The molecule has 5 heteroatoms. The number of carboxylic acids is 1. The zero-order valence-electron chi connectivity index (χ0n) is 13.8. The first-order valence-corrected chi connectivity index (χ1v) is 7.92. The molecule has 0 aromatic heterocycles. The molecule has 1 aliphatic rings. The lowest BCUT2D eigenvalue weighted by molar-refractivity contribution is -0.138. The Morgan fingerprint density at radius 1 is 1.29 bits per heavy atom. The summed E-state index contributed by atoms with van der Waals surface area (Å²) in [4.78, 5) is 23.7. The van der Waals surface area contributed by atoms with E-state index in [1.807, 2.05) is 6.92 Å². The predicted molar refractivity (Wildman–Crippen MR) is 83.1 cm³/mol. The average Bonchev–Trinajstić information content (AvgIpc) is 2.36. The highest BCUT2D eigenvalue weighted by molar-refractivity contribution is 5.83. The third-order valence-electron chi connectivity index (χ3n) is 4.33. The van der Waals surface area contributed by atoms with E-state index in [1.165, 1.54) is 0 Å². The van der Waals surface area contributed by atoms with Gasteiger partial charge in [0.15, 0.2) is 0 Å². The summed E-state index contributed by atoms with van der Waals surface area (Å²) in [5, 5.41) is 15.4. The number of nitrogens with one attached hydrogen (secondary N) is 2. The Balaban J connectivity index is 2.75. The Bertz CT molecular complexity index is 368. The number of aliphatic carboxylic acids is 1. The van der Waals surface area contributed by atoms with Crippen molar-refractivity contribution in [2.75, 3.05) is 13.1 Å². The van der Waals surface area contributed by atoms with Gasteiger partial charge in [0.1, 0.15) is 0 Å². The van der Waals surface area contributed by atoms with Crippen molar-refractivity contribution in [2.45, 2.75) is 65.8 Å². The number of piperidine rings is 1. The van der Waals surface area contributed by atoms with Crippen LogP contribution >= 0.6 is 0 Å². The molecule has 1 unspecified atom stereocenters. The average molecular weight is 298 g/mol. The van der Waals surface area contributed by atoms with Gasteiger partial charge in [-0.2, -0.15) is 0 Å².